The Bertz CT molecular complexity index is 1350. The number of rotatable bonds is 3. The van der Waals surface area contributed by atoms with Gasteiger partial charge < -0.3 is 4.57 Å². The molecule has 0 aliphatic rings. The standard InChI is InChI=1S/C21H13N5OS/c1-25-12-15(6-7-20(25)27)16-8-19(21-17(10-23)11-24-26(21)13-16)28-18-5-3-2-4-14(18)9-22/h2-8,11-13H,1H3. The molecule has 0 spiro atoms. The second kappa shape index (κ2) is 7.07. The molecular weight excluding hydrogens is 370 g/mol. The van der Waals surface area contributed by atoms with E-state index in [1.807, 2.05) is 30.5 Å². The molecule has 0 radical (unpaired) electrons. The van der Waals surface area contributed by atoms with E-state index in [2.05, 4.69) is 17.2 Å². The average molecular weight is 383 g/mol. The molecule has 0 amide bonds. The van der Waals surface area contributed by atoms with Gasteiger partial charge in [-0.05, 0) is 29.8 Å². The number of hydrogen-bond acceptors (Lipinski definition) is 5. The van der Waals surface area contributed by atoms with Crippen LogP contribution in [0.15, 0.2) is 75.6 Å². The summed E-state index contributed by atoms with van der Waals surface area (Å²) in [7, 11) is 1.70. The van der Waals surface area contributed by atoms with E-state index >= 15 is 0 Å². The maximum absolute atomic E-state index is 11.7. The van der Waals surface area contributed by atoms with Gasteiger partial charge in [0.25, 0.3) is 0 Å². The van der Waals surface area contributed by atoms with E-state index in [4.69, 9.17) is 0 Å². The third-order valence-electron chi connectivity index (χ3n) is 4.34. The fourth-order valence-corrected chi connectivity index (χ4v) is 4.03. The Morgan fingerprint density at radius 3 is 2.50 bits per heavy atom. The number of aromatic nitrogens is 3. The second-order valence-corrected chi connectivity index (χ2v) is 7.22. The fraction of sp³-hybridized carbons (Fsp3) is 0.0476. The Hall–Kier alpha value is -3.81. The van der Waals surface area contributed by atoms with E-state index in [0.29, 0.717) is 16.6 Å². The van der Waals surface area contributed by atoms with Crippen molar-refractivity contribution < 1.29 is 0 Å². The fourth-order valence-electron chi connectivity index (χ4n) is 2.93. The number of hydrogen-bond donors (Lipinski definition) is 0. The number of fused-ring (bicyclic) bond motifs is 1. The van der Waals surface area contributed by atoms with Gasteiger partial charge >= 0.3 is 0 Å². The van der Waals surface area contributed by atoms with Crippen LogP contribution in [0.25, 0.3) is 16.6 Å². The third kappa shape index (κ3) is 3.05. The molecule has 3 aromatic heterocycles. The van der Waals surface area contributed by atoms with E-state index in [1.54, 1.807) is 29.9 Å². The van der Waals surface area contributed by atoms with Crippen LogP contribution in [0.2, 0.25) is 0 Å². The first-order valence-corrected chi connectivity index (χ1v) is 9.18. The number of nitrogens with zero attached hydrogens (tertiary/aromatic N) is 5. The zero-order valence-corrected chi connectivity index (χ0v) is 15.6. The van der Waals surface area contributed by atoms with Crippen molar-refractivity contribution >= 4 is 17.3 Å². The quantitative estimate of drug-likeness (QED) is 0.539. The van der Waals surface area contributed by atoms with Crippen LogP contribution in [0.3, 0.4) is 0 Å². The van der Waals surface area contributed by atoms with Gasteiger partial charge in [-0.3, -0.25) is 4.79 Å². The minimum absolute atomic E-state index is 0.0896. The van der Waals surface area contributed by atoms with Crippen molar-refractivity contribution in [3.05, 3.63) is 82.5 Å². The second-order valence-electron chi connectivity index (χ2n) is 6.13. The molecule has 134 valence electrons. The van der Waals surface area contributed by atoms with Gasteiger partial charge in [-0.1, -0.05) is 23.9 Å². The van der Waals surface area contributed by atoms with Crippen LogP contribution < -0.4 is 5.56 Å². The molecule has 0 bridgehead atoms. The van der Waals surface area contributed by atoms with Crippen LogP contribution in [-0.2, 0) is 7.05 Å². The topological polar surface area (TPSA) is 86.9 Å². The zero-order chi connectivity index (χ0) is 19.7. The summed E-state index contributed by atoms with van der Waals surface area (Å²) >= 11 is 1.42. The Labute approximate surface area is 164 Å². The van der Waals surface area contributed by atoms with Crippen molar-refractivity contribution in [2.45, 2.75) is 9.79 Å². The zero-order valence-electron chi connectivity index (χ0n) is 14.8. The molecule has 0 aliphatic heterocycles. The van der Waals surface area contributed by atoms with E-state index in [-0.39, 0.29) is 5.56 Å². The van der Waals surface area contributed by atoms with E-state index in [9.17, 15) is 15.3 Å². The lowest BCUT2D eigenvalue weighted by molar-refractivity contribution is 0.861. The van der Waals surface area contributed by atoms with Gasteiger partial charge in [0, 0.05) is 40.9 Å². The average Bonchev–Trinajstić information content (AvgIpc) is 3.14. The van der Waals surface area contributed by atoms with Crippen molar-refractivity contribution in [2.75, 3.05) is 0 Å². The normalized spacial score (nSPS) is 10.5. The summed E-state index contributed by atoms with van der Waals surface area (Å²) in [4.78, 5) is 13.3. The minimum Gasteiger partial charge on any atom is -0.318 e. The van der Waals surface area contributed by atoms with Crippen molar-refractivity contribution in [1.29, 1.82) is 10.5 Å². The first-order valence-electron chi connectivity index (χ1n) is 8.36. The lowest BCUT2D eigenvalue weighted by Crippen LogP contribution is -2.14. The summed E-state index contributed by atoms with van der Waals surface area (Å²) in [6, 6.07) is 16.9. The van der Waals surface area contributed by atoms with E-state index < -0.39 is 0 Å². The molecule has 3 heterocycles. The first kappa shape index (κ1) is 17.6. The Balaban J connectivity index is 1.94. The van der Waals surface area contributed by atoms with Crippen LogP contribution >= 0.6 is 11.8 Å². The Morgan fingerprint density at radius 1 is 0.964 bits per heavy atom. The molecule has 0 N–H and O–H groups in total. The molecule has 0 atom stereocenters. The van der Waals surface area contributed by atoms with Crippen molar-refractivity contribution in [2.24, 2.45) is 7.05 Å². The summed E-state index contributed by atoms with van der Waals surface area (Å²) in [6.45, 7) is 0. The lowest BCUT2D eigenvalue weighted by Gasteiger charge is -2.10. The number of nitriles is 2. The van der Waals surface area contributed by atoms with Crippen molar-refractivity contribution in [3.63, 3.8) is 0 Å². The molecular formula is C21H13N5OS. The highest BCUT2D eigenvalue weighted by Gasteiger charge is 2.15. The summed E-state index contributed by atoms with van der Waals surface area (Å²) < 4.78 is 3.18. The lowest BCUT2D eigenvalue weighted by atomic mass is 10.1. The van der Waals surface area contributed by atoms with Gasteiger partial charge in [0.2, 0.25) is 5.56 Å². The SMILES string of the molecule is Cn1cc(-c2cc(Sc3ccccc3C#N)c3c(C#N)cnn3c2)ccc1=O. The molecule has 0 fully saturated rings. The number of pyridine rings is 2. The Morgan fingerprint density at radius 2 is 1.75 bits per heavy atom. The van der Waals surface area contributed by atoms with E-state index in [0.717, 1.165) is 20.9 Å². The van der Waals surface area contributed by atoms with Crippen LogP contribution in [-0.4, -0.2) is 14.2 Å². The van der Waals surface area contributed by atoms with Gasteiger partial charge in [0.1, 0.15) is 12.1 Å². The summed E-state index contributed by atoms with van der Waals surface area (Å²) in [5.41, 5.74) is 3.34. The molecule has 0 saturated heterocycles. The van der Waals surface area contributed by atoms with Crippen LogP contribution in [0.5, 0.6) is 0 Å². The van der Waals surface area contributed by atoms with Crippen molar-refractivity contribution in [1.82, 2.24) is 14.2 Å². The molecule has 7 heteroatoms. The molecule has 0 aliphatic carbocycles. The highest BCUT2D eigenvalue weighted by atomic mass is 32.2. The molecule has 0 saturated carbocycles. The largest absolute Gasteiger partial charge is 0.318 e. The number of aryl methyl sites for hydroxylation is 1. The van der Waals surface area contributed by atoms with Gasteiger partial charge in [-0.25, -0.2) is 4.52 Å². The van der Waals surface area contributed by atoms with Gasteiger partial charge in [0.15, 0.2) is 0 Å². The smallest absolute Gasteiger partial charge is 0.250 e. The third-order valence-corrected chi connectivity index (χ3v) is 5.45. The van der Waals surface area contributed by atoms with Crippen molar-refractivity contribution in [3.8, 4) is 23.3 Å². The molecule has 28 heavy (non-hydrogen) atoms. The van der Waals surface area contributed by atoms with Crippen LogP contribution in [0, 0.1) is 22.7 Å². The summed E-state index contributed by atoms with van der Waals surface area (Å²) in [5.74, 6) is 0. The minimum atomic E-state index is -0.0896. The number of benzene rings is 1. The summed E-state index contributed by atoms with van der Waals surface area (Å²) in [6.07, 6.45) is 5.12. The monoisotopic (exact) mass is 383 g/mol. The molecule has 0 unspecified atom stereocenters. The van der Waals surface area contributed by atoms with E-state index in [1.165, 1.54) is 28.6 Å². The highest BCUT2D eigenvalue weighted by molar-refractivity contribution is 7.99. The van der Waals surface area contributed by atoms with Gasteiger partial charge in [-0.2, -0.15) is 15.6 Å². The Kier molecular flexibility index (Phi) is 4.44. The predicted molar refractivity (Wildman–Crippen MR) is 106 cm³/mol. The van der Waals surface area contributed by atoms with Gasteiger partial charge in [0.05, 0.1) is 22.8 Å². The first-order chi connectivity index (χ1) is 13.6. The molecule has 4 rings (SSSR count). The molecule has 4 aromatic rings. The van der Waals surface area contributed by atoms with Crippen LogP contribution in [0.1, 0.15) is 11.1 Å². The van der Waals surface area contributed by atoms with Gasteiger partial charge in [-0.15, -0.1) is 0 Å². The highest BCUT2D eigenvalue weighted by Crippen LogP contribution is 2.36. The molecule has 1 aromatic carbocycles. The summed E-state index contributed by atoms with van der Waals surface area (Å²) in [5, 5.41) is 23.2. The van der Waals surface area contributed by atoms with Crippen LogP contribution in [0.4, 0.5) is 0 Å². The molecule has 6 nitrogen and oxygen atoms in total. The predicted octanol–water partition coefficient (Wildman–Crippen LogP) is 3.59. The maximum Gasteiger partial charge on any atom is 0.250 e. The maximum atomic E-state index is 11.7.